The van der Waals surface area contributed by atoms with Crippen molar-refractivity contribution < 1.29 is 66.6 Å². The molecule has 0 saturated heterocycles. The molecule has 68 valence electrons. The first-order chi connectivity index (χ1) is 6.06. The van der Waals surface area contributed by atoms with Crippen LogP contribution in [0, 0.1) is 19.4 Å². The molecule has 5 heteroatoms. The molecule has 1 rings (SSSR count). The fourth-order valence-corrected chi connectivity index (χ4v) is 1.63. The fraction of sp³-hybridized carbons (Fsp3) is 0.111. The van der Waals surface area contributed by atoms with E-state index in [9.17, 15) is 8.42 Å². The van der Waals surface area contributed by atoms with Crippen molar-refractivity contribution in [1.82, 2.24) is 0 Å². The standard InChI is InChI=1S/C9H8NO2S.Rb/c1-8-3-5-9(6-4-8)13(11,12)7-10-2;/h3-7H,1H3;/q-1;+1. The Hall–Kier alpha value is 0.335. The predicted molar refractivity (Wildman–Crippen MR) is 49.3 cm³/mol. The van der Waals surface area contributed by atoms with Crippen molar-refractivity contribution in [1.29, 1.82) is 0 Å². The van der Waals surface area contributed by atoms with Crippen LogP contribution in [0.25, 0.3) is 4.85 Å². The van der Waals surface area contributed by atoms with Crippen molar-refractivity contribution in [2.45, 2.75) is 11.8 Å². The molecule has 1 aromatic rings. The van der Waals surface area contributed by atoms with Gasteiger partial charge in [0.1, 0.15) is 9.84 Å². The molecule has 3 nitrogen and oxygen atoms in total. The van der Waals surface area contributed by atoms with Gasteiger partial charge in [-0.3, -0.25) is 6.57 Å². The summed E-state index contributed by atoms with van der Waals surface area (Å²) in [6.45, 7) is 8.31. The number of aryl methyl sites for hydroxylation is 1. The third kappa shape index (κ3) is 3.83. The van der Waals surface area contributed by atoms with E-state index < -0.39 is 9.84 Å². The molecule has 0 bridgehead atoms. The van der Waals surface area contributed by atoms with Crippen LogP contribution in [0.3, 0.4) is 0 Å². The first-order valence-corrected chi connectivity index (χ1v) is 5.12. The number of nitrogens with zero attached hydrogens (tertiary/aromatic N) is 1. The van der Waals surface area contributed by atoms with Gasteiger partial charge in [-0.2, -0.15) is 0 Å². The summed E-state index contributed by atoms with van der Waals surface area (Å²) >= 11 is 0. The molecule has 0 aliphatic rings. The second-order valence-corrected chi connectivity index (χ2v) is 4.36. The Labute approximate surface area is 133 Å². The second kappa shape index (κ2) is 6.04. The molecule has 0 unspecified atom stereocenters. The van der Waals surface area contributed by atoms with Crippen molar-refractivity contribution in [3.05, 3.63) is 47.1 Å². The molecular formula is C9H8NO2RbS. The van der Waals surface area contributed by atoms with Gasteiger partial charge in [0.15, 0.2) is 0 Å². The van der Waals surface area contributed by atoms with E-state index in [0.29, 0.717) is 5.88 Å². The van der Waals surface area contributed by atoms with Crippen molar-refractivity contribution in [2.75, 3.05) is 0 Å². The molecule has 0 aromatic heterocycles. The maximum Gasteiger partial charge on any atom is 1.00 e. The van der Waals surface area contributed by atoms with Gasteiger partial charge in [-0.05, 0) is 19.1 Å². The van der Waals surface area contributed by atoms with E-state index >= 15 is 0 Å². The van der Waals surface area contributed by atoms with E-state index in [1.165, 1.54) is 12.1 Å². The summed E-state index contributed by atoms with van der Waals surface area (Å²) in [6.07, 6.45) is 0. The third-order valence-electron chi connectivity index (χ3n) is 1.54. The number of rotatable bonds is 2. The van der Waals surface area contributed by atoms with Gasteiger partial charge < -0.3 is 4.85 Å². The van der Waals surface area contributed by atoms with Crippen molar-refractivity contribution in [3.8, 4) is 0 Å². The van der Waals surface area contributed by atoms with Crippen LogP contribution in [0.5, 0.6) is 0 Å². The average Bonchev–Trinajstić information content (AvgIpc) is 2.05. The van der Waals surface area contributed by atoms with Gasteiger partial charge in [0, 0.05) is 4.90 Å². The second-order valence-electron chi connectivity index (χ2n) is 2.59. The van der Waals surface area contributed by atoms with Crippen LogP contribution in [0.15, 0.2) is 29.2 Å². The Bertz CT molecular complexity index is 431. The Morgan fingerprint density at radius 3 is 2.21 bits per heavy atom. The van der Waals surface area contributed by atoms with Gasteiger partial charge in [0.2, 0.25) is 0 Å². The zero-order valence-electron chi connectivity index (χ0n) is 8.06. The van der Waals surface area contributed by atoms with Gasteiger partial charge in [-0.25, -0.2) is 8.42 Å². The number of sulfone groups is 1. The van der Waals surface area contributed by atoms with Crippen LogP contribution >= 0.6 is 0 Å². The molecule has 1 aromatic carbocycles. The van der Waals surface area contributed by atoms with Gasteiger partial charge in [0.25, 0.3) is 0 Å². The largest absolute Gasteiger partial charge is 1.00 e. The Morgan fingerprint density at radius 2 is 1.79 bits per heavy atom. The van der Waals surface area contributed by atoms with E-state index in [0.717, 1.165) is 5.56 Å². The van der Waals surface area contributed by atoms with Crippen LogP contribution in [0.1, 0.15) is 5.56 Å². The molecule has 0 heterocycles. The van der Waals surface area contributed by atoms with Crippen molar-refractivity contribution in [3.63, 3.8) is 0 Å². The van der Waals surface area contributed by atoms with Crippen LogP contribution in [0.4, 0.5) is 0 Å². The molecule has 0 aliphatic carbocycles. The average molecular weight is 280 g/mol. The minimum absolute atomic E-state index is 0. The Kier molecular flexibility index (Phi) is 6.18. The van der Waals surface area contributed by atoms with Gasteiger partial charge >= 0.3 is 58.2 Å². The van der Waals surface area contributed by atoms with Crippen molar-refractivity contribution in [2.24, 2.45) is 0 Å². The SMILES string of the molecule is [C-]#[N+][CH-]S(=O)(=O)c1ccc(C)cc1.[Rb+]. The smallest absolute Gasteiger partial charge is 0.445 e. The van der Waals surface area contributed by atoms with E-state index in [4.69, 9.17) is 6.57 Å². The summed E-state index contributed by atoms with van der Waals surface area (Å²) in [5.74, 6) is 0.623. The zero-order chi connectivity index (χ0) is 9.90. The van der Waals surface area contributed by atoms with Crippen molar-refractivity contribution >= 4 is 9.84 Å². The van der Waals surface area contributed by atoms with E-state index in [2.05, 4.69) is 4.85 Å². The normalized spacial score (nSPS) is 9.71. The maximum atomic E-state index is 11.3. The summed E-state index contributed by atoms with van der Waals surface area (Å²) in [6, 6.07) is 6.38. The molecule has 0 saturated carbocycles. The molecule has 0 atom stereocenters. The molecular weight excluding hydrogens is 272 g/mol. The molecule has 0 aliphatic heterocycles. The van der Waals surface area contributed by atoms with E-state index in [-0.39, 0.29) is 63.1 Å². The molecule has 0 N–H and O–H groups in total. The quantitative estimate of drug-likeness (QED) is 0.639. The van der Waals surface area contributed by atoms with Gasteiger partial charge in [-0.1, -0.05) is 17.7 Å². The van der Waals surface area contributed by atoms with Gasteiger partial charge in [-0.15, -0.1) is 0 Å². The number of hydrogen-bond donors (Lipinski definition) is 0. The number of benzene rings is 1. The fourth-order valence-electron chi connectivity index (χ4n) is 0.858. The van der Waals surface area contributed by atoms with E-state index in [1.54, 1.807) is 12.1 Å². The van der Waals surface area contributed by atoms with Crippen LogP contribution < -0.4 is 58.2 Å². The zero-order valence-corrected chi connectivity index (χ0v) is 13.8. The first-order valence-electron chi connectivity index (χ1n) is 3.58. The third-order valence-corrected chi connectivity index (χ3v) is 2.85. The Morgan fingerprint density at radius 1 is 1.29 bits per heavy atom. The summed E-state index contributed by atoms with van der Waals surface area (Å²) in [5, 5.41) is 0. The molecule has 0 spiro atoms. The topological polar surface area (TPSA) is 38.5 Å². The van der Waals surface area contributed by atoms with Crippen LogP contribution in [0.2, 0.25) is 0 Å². The first kappa shape index (κ1) is 14.3. The van der Waals surface area contributed by atoms with Crippen LogP contribution in [-0.4, -0.2) is 8.42 Å². The summed E-state index contributed by atoms with van der Waals surface area (Å²) in [7, 11) is -3.51. The Balaban J connectivity index is 0.00000169. The van der Waals surface area contributed by atoms with E-state index in [1.807, 2.05) is 6.92 Å². The minimum atomic E-state index is -3.51. The number of hydrogen-bond acceptors (Lipinski definition) is 2. The summed E-state index contributed by atoms with van der Waals surface area (Å²) in [5.41, 5.74) is 0.988. The predicted octanol–water partition coefficient (Wildman–Crippen LogP) is -1.19. The van der Waals surface area contributed by atoms with Gasteiger partial charge in [0.05, 0.1) is 5.88 Å². The minimum Gasteiger partial charge on any atom is -0.445 e. The molecule has 0 fully saturated rings. The molecule has 0 amide bonds. The monoisotopic (exact) mass is 279 g/mol. The molecule has 0 radical (unpaired) electrons. The molecule has 14 heavy (non-hydrogen) atoms. The summed E-state index contributed by atoms with van der Waals surface area (Å²) in [4.78, 5) is 2.90. The van der Waals surface area contributed by atoms with Crippen LogP contribution in [-0.2, 0) is 9.84 Å². The maximum absolute atomic E-state index is 11.3. The summed E-state index contributed by atoms with van der Waals surface area (Å²) < 4.78 is 22.5.